The molecule has 0 aliphatic rings. The predicted molar refractivity (Wildman–Crippen MR) is 119 cm³/mol. The average Bonchev–Trinajstić information content (AvgIpc) is 2.76. The number of hydrogen-bond acceptors (Lipinski definition) is 9. The van der Waals surface area contributed by atoms with Crippen LogP contribution in [0.5, 0.6) is 0 Å². The zero-order chi connectivity index (χ0) is 23.7. The number of nitrogen functional groups attached to an aromatic ring is 2. The van der Waals surface area contributed by atoms with Gasteiger partial charge in [0.15, 0.2) is 0 Å². The molecule has 1 aromatic heterocycles. The van der Waals surface area contributed by atoms with Crippen LogP contribution in [0, 0.1) is 0 Å². The number of rotatable bonds is 10. The van der Waals surface area contributed by atoms with Gasteiger partial charge in [-0.05, 0) is 43.5 Å². The number of ether oxygens (including phenoxy) is 2. The molecule has 0 spiro atoms. The third-order valence-electron chi connectivity index (χ3n) is 4.48. The predicted octanol–water partition coefficient (Wildman–Crippen LogP) is 1.71. The Morgan fingerprint density at radius 2 is 1.69 bits per heavy atom. The van der Waals surface area contributed by atoms with Gasteiger partial charge in [0.05, 0.1) is 13.2 Å². The Balaban J connectivity index is 2.10. The fraction of sp³-hybridized carbons (Fsp3) is 0.318. The molecule has 0 unspecified atom stereocenters. The lowest BCUT2D eigenvalue weighted by Gasteiger charge is -2.17. The quantitative estimate of drug-likeness (QED) is 0.466. The molecule has 0 bridgehead atoms. The van der Waals surface area contributed by atoms with Gasteiger partial charge < -0.3 is 26.3 Å². The summed E-state index contributed by atoms with van der Waals surface area (Å²) in [6, 6.07) is 5.55. The van der Waals surface area contributed by atoms with Crippen LogP contribution < -0.4 is 16.8 Å². The standard InChI is InChI=1S/C22H27N5O5/c1-4-31-18(28)11-10-17(21(30)32-5-2)26-20(29)15-8-6-14(7-9-15)13(3)16-12-25-22(24)27-19(16)23/h6-9,12,17H,3-5,10-11H2,1-2H3,(H,26,29)(H4,23,24,25,27)/t17-/m0/s1. The first kappa shape index (κ1) is 24.3. The Labute approximate surface area is 186 Å². The summed E-state index contributed by atoms with van der Waals surface area (Å²) in [7, 11) is 0. The highest BCUT2D eigenvalue weighted by atomic mass is 16.5. The molecule has 32 heavy (non-hydrogen) atoms. The number of anilines is 2. The second-order valence-electron chi connectivity index (χ2n) is 6.70. The van der Waals surface area contributed by atoms with Gasteiger partial charge in [-0.25, -0.2) is 9.78 Å². The lowest BCUT2D eigenvalue weighted by Crippen LogP contribution is -2.42. The molecule has 1 atom stereocenters. The number of amides is 1. The van der Waals surface area contributed by atoms with Crippen molar-refractivity contribution in [1.82, 2.24) is 15.3 Å². The van der Waals surface area contributed by atoms with Gasteiger partial charge in [-0.3, -0.25) is 9.59 Å². The number of benzene rings is 1. The van der Waals surface area contributed by atoms with Crippen LogP contribution in [-0.4, -0.2) is 47.1 Å². The highest BCUT2D eigenvalue weighted by Crippen LogP contribution is 2.25. The molecule has 5 N–H and O–H groups in total. The van der Waals surface area contributed by atoms with E-state index in [2.05, 4.69) is 21.9 Å². The zero-order valence-corrected chi connectivity index (χ0v) is 18.1. The molecular weight excluding hydrogens is 414 g/mol. The van der Waals surface area contributed by atoms with E-state index in [1.165, 1.54) is 6.20 Å². The van der Waals surface area contributed by atoms with E-state index in [0.29, 0.717) is 22.3 Å². The van der Waals surface area contributed by atoms with E-state index in [1.807, 2.05) is 0 Å². The van der Waals surface area contributed by atoms with Gasteiger partial charge in [0.1, 0.15) is 11.9 Å². The van der Waals surface area contributed by atoms with Crippen LogP contribution in [0.1, 0.15) is 48.2 Å². The van der Waals surface area contributed by atoms with Gasteiger partial charge in [-0.15, -0.1) is 0 Å². The van der Waals surface area contributed by atoms with Crippen LogP contribution in [0.15, 0.2) is 37.0 Å². The minimum atomic E-state index is -0.978. The van der Waals surface area contributed by atoms with E-state index in [0.717, 1.165) is 0 Å². The van der Waals surface area contributed by atoms with Crippen LogP contribution in [0.4, 0.5) is 11.8 Å². The maximum Gasteiger partial charge on any atom is 0.328 e. The number of carbonyl (C=O) groups excluding carboxylic acids is 3. The minimum Gasteiger partial charge on any atom is -0.466 e. The van der Waals surface area contributed by atoms with Crippen LogP contribution >= 0.6 is 0 Å². The van der Waals surface area contributed by atoms with Crippen LogP contribution in [0.25, 0.3) is 5.57 Å². The van der Waals surface area contributed by atoms with Crippen LogP contribution in [0.2, 0.25) is 0 Å². The smallest absolute Gasteiger partial charge is 0.328 e. The van der Waals surface area contributed by atoms with Gasteiger partial charge in [-0.2, -0.15) is 4.98 Å². The molecule has 0 fully saturated rings. The monoisotopic (exact) mass is 441 g/mol. The molecule has 0 aliphatic carbocycles. The van der Waals surface area contributed by atoms with E-state index in [4.69, 9.17) is 20.9 Å². The van der Waals surface area contributed by atoms with Crippen molar-refractivity contribution < 1.29 is 23.9 Å². The van der Waals surface area contributed by atoms with Gasteiger partial charge in [0, 0.05) is 23.7 Å². The van der Waals surface area contributed by atoms with Crippen molar-refractivity contribution in [3.63, 3.8) is 0 Å². The van der Waals surface area contributed by atoms with Crippen molar-refractivity contribution in [1.29, 1.82) is 0 Å². The summed E-state index contributed by atoms with van der Waals surface area (Å²) in [5.74, 6) is -1.30. The van der Waals surface area contributed by atoms with E-state index in [1.54, 1.807) is 38.1 Å². The fourth-order valence-electron chi connectivity index (χ4n) is 2.85. The molecule has 0 aliphatic heterocycles. The largest absolute Gasteiger partial charge is 0.466 e. The highest BCUT2D eigenvalue weighted by molar-refractivity contribution is 5.97. The first-order valence-electron chi connectivity index (χ1n) is 10.1. The highest BCUT2D eigenvalue weighted by Gasteiger charge is 2.24. The summed E-state index contributed by atoms with van der Waals surface area (Å²) in [6.45, 7) is 7.74. The maximum absolute atomic E-state index is 12.7. The summed E-state index contributed by atoms with van der Waals surface area (Å²) in [6.07, 6.45) is 1.52. The average molecular weight is 441 g/mol. The molecule has 2 aromatic rings. The topological polar surface area (TPSA) is 160 Å². The number of esters is 2. The summed E-state index contributed by atoms with van der Waals surface area (Å²) in [4.78, 5) is 44.3. The third-order valence-corrected chi connectivity index (χ3v) is 4.48. The van der Waals surface area contributed by atoms with Crippen molar-refractivity contribution in [2.75, 3.05) is 24.7 Å². The molecule has 2 rings (SSSR count). The SMILES string of the molecule is C=C(c1ccc(C(=O)N[C@@H](CCC(=O)OCC)C(=O)OCC)cc1)c1cnc(N)nc1N. The molecule has 0 radical (unpaired) electrons. The molecule has 170 valence electrons. The number of aromatic nitrogens is 2. The van der Waals surface area contributed by atoms with Crippen LogP contribution in [0.3, 0.4) is 0 Å². The lowest BCUT2D eigenvalue weighted by molar-refractivity contribution is -0.146. The minimum absolute atomic E-state index is 0.0263. The summed E-state index contributed by atoms with van der Waals surface area (Å²) in [5, 5.41) is 2.61. The Morgan fingerprint density at radius 1 is 1.06 bits per heavy atom. The van der Waals surface area contributed by atoms with Crippen LogP contribution in [-0.2, 0) is 19.1 Å². The number of carbonyl (C=O) groups is 3. The normalized spacial score (nSPS) is 11.3. The molecular formula is C22H27N5O5. The van der Waals surface area contributed by atoms with Crippen molar-refractivity contribution in [2.45, 2.75) is 32.7 Å². The van der Waals surface area contributed by atoms with E-state index in [-0.39, 0.29) is 37.8 Å². The zero-order valence-electron chi connectivity index (χ0n) is 18.1. The van der Waals surface area contributed by atoms with Crippen molar-refractivity contribution in [2.24, 2.45) is 0 Å². The fourth-order valence-corrected chi connectivity index (χ4v) is 2.85. The van der Waals surface area contributed by atoms with Gasteiger partial charge in [0.2, 0.25) is 5.95 Å². The molecule has 1 aromatic carbocycles. The van der Waals surface area contributed by atoms with Gasteiger partial charge >= 0.3 is 11.9 Å². The first-order chi connectivity index (χ1) is 15.3. The van der Waals surface area contributed by atoms with E-state index >= 15 is 0 Å². The number of nitrogens with one attached hydrogen (secondary N) is 1. The summed E-state index contributed by atoms with van der Waals surface area (Å²) >= 11 is 0. The molecule has 1 amide bonds. The second-order valence-corrected chi connectivity index (χ2v) is 6.70. The third kappa shape index (κ3) is 6.53. The summed E-state index contributed by atoms with van der Waals surface area (Å²) in [5.41, 5.74) is 13.5. The van der Waals surface area contributed by atoms with E-state index < -0.39 is 23.9 Å². The van der Waals surface area contributed by atoms with Gasteiger partial charge in [-0.1, -0.05) is 18.7 Å². The number of nitrogens with two attached hydrogens (primary N) is 2. The van der Waals surface area contributed by atoms with Crippen molar-refractivity contribution in [3.05, 3.63) is 53.7 Å². The molecule has 1 heterocycles. The number of hydrogen-bond donors (Lipinski definition) is 3. The molecule has 10 heteroatoms. The molecule has 0 saturated carbocycles. The molecule has 10 nitrogen and oxygen atoms in total. The lowest BCUT2D eigenvalue weighted by atomic mass is 9.99. The first-order valence-corrected chi connectivity index (χ1v) is 10.1. The Bertz CT molecular complexity index is 991. The Hall–Kier alpha value is -3.95. The Kier molecular flexibility index (Phi) is 8.70. The number of nitrogens with zero attached hydrogens (tertiary/aromatic N) is 2. The Morgan fingerprint density at radius 3 is 2.28 bits per heavy atom. The molecule has 0 saturated heterocycles. The van der Waals surface area contributed by atoms with Gasteiger partial charge in [0.25, 0.3) is 5.91 Å². The van der Waals surface area contributed by atoms with E-state index in [9.17, 15) is 14.4 Å². The summed E-state index contributed by atoms with van der Waals surface area (Å²) < 4.78 is 9.87. The van der Waals surface area contributed by atoms with Crippen molar-refractivity contribution >= 4 is 35.2 Å². The second kappa shape index (κ2) is 11.4. The van der Waals surface area contributed by atoms with Crippen molar-refractivity contribution in [3.8, 4) is 0 Å². The maximum atomic E-state index is 12.7.